The summed E-state index contributed by atoms with van der Waals surface area (Å²) in [6.07, 6.45) is 3.70. The Morgan fingerprint density at radius 3 is 2.52 bits per heavy atom. The second kappa shape index (κ2) is 8.17. The van der Waals surface area contributed by atoms with E-state index in [-0.39, 0.29) is 0 Å². The predicted octanol–water partition coefficient (Wildman–Crippen LogP) is 5.38. The van der Waals surface area contributed by atoms with Crippen molar-refractivity contribution in [1.82, 2.24) is 0 Å². The van der Waals surface area contributed by atoms with Crippen molar-refractivity contribution < 1.29 is 9.47 Å². The zero-order valence-corrected chi connectivity index (χ0v) is 15.7. The summed E-state index contributed by atoms with van der Waals surface area (Å²) in [6, 6.07) is 23.0. The number of methoxy groups -OCH3 is 1. The molecule has 3 aromatic carbocycles. The maximum absolute atomic E-state index is 5.94. The number of nitrogens with one attached hydrogen (secondary N) is 1. The summed E-state index contributed by atoms with van der Waals surface area (Å²) in [4.78, 5) is 0. The van der Waals surface area contributed by atoms with Gasteiger partial charge in [0, 0.05) is 12.2 Å². The van der Waals surface area contributed by atoms with Gasteiger partial charge in [0.25, 0.3) is 0 Å². The fraction of sp³-hybridized carbons (Fsp3) is 0.250. The third kappa shape index (κ3) is 4.25. The van der Waals surface area contributed by atoms with E-state index in [9.17, 15) is 0 Å². The maximum Gasteiger partial charge on any atom is 0.161 e. The Balaban J connectivity index is 1.40. The van der Waals surface area contributed by atoms with Crippen LogP contribution in [0.1, 0.15) is 28.7 Å². The van der Waals surface area contributed by atoms with E-state index in [0.29, 0.717) is 6.61 Å². The molecular weight excluding hydrogens is 334 g/mol. The van der Waals surface area contributed by atoms with E-state index < -0.39 is 0 Å². The van der Waals surface area contributed by atoms with Crippen LogP contribution in [0.2, 0.25) is 0 Å². The molecule has 0 spiro atoms. The number of hydrogen-bond acceptors (Lipinski definition) is 3. The van der Waals surface area contributed by atoms with Crippen molar-refractivity contribution in [2.24, 2.45) is 0 Å². The molecule has 0 aliphatic heterocycles. The fourth-order valence-electron chi connectivity index (χ4n) is 3.56. The molecule has 0 radical (unpaired) electrons. The number of ether oxygens (including phenoxy) is 2. The Morgan fingerprint density at radius 2 is 1.67 bits per heavy atom. The van der Waals surface area contributed by atoms with Gasteiger partial charge in [-0.25, -0.2) is 0 Å². The first-order valence-electron chi connectivity index (χ1n) is 9.51. The molecule has 3 nitrogen and oxygen atoms in total. The molecule has 1 aliphatic rings. The van der Waals surface area contributed by atoms with Gasteiger partial charge in [-0.15, -0.1) is 0 Å². The van der Waals surface area contributed by atoms with Crippen molar-refractivity contribution >= 4 is 5.69 Å². The van der Waals surface area contributed by atoms with Crippen LogP contribution in [0.4, 0.5) is 5.69 Å². The summed E-state index contributed by atoms with van der Waals surface area (Å²) in [7, 11) is 1.68. The molecule has 138 valence electrons. The average Bonchev–Trinajstić information content (AvgIpc) is 3.19. The van der Waals surface area contributed by atoms with Crippen LogP contribution in [0, 0.1) is 0 Å². The van der Waals surface area contributed by atoms with Gasteiger partial charge >= 0.3 is 0 Å². The molecule has 0 aromatic heterocycles. The first-order chi connectivity index (χ1) is 13.3. The third-order valence-corrected chi connectivity index (χ3v) is 5.06. The Bertz CT molecular complexity index is 906. The third-order valence-electron chi connectivity index (χ3n) is 5.06. The lowest BCUT2D eigenvalue weighted by molar-refractivity contribution is 0.284. The van der Waals surface area contributed by atoms with Crippen LogP contribution in [0.5, 0.6) is 11.5 Å². The minimum absolute atomic E-state index is 0.532. The SMILES string of the molecule is COc1cc(CNc2ccc3c(c2)CCC3)ccc1OCc1ccccc1. The smallest absolute Gasteiger partial charge is 0.161 e. The fourth-order valence-corrected chi connectivity index (χ4v) is 3.56. The van der Waals surface area contributed by atoms with E-state index in [1.54, 1.807) is 7.11 Å². The van der Waals surface area contributed by atoms with Crippen LogP contribution in [0.3, 0.4) is 0 Å². The molecule has 1 N–H and O–H groups in total. The van der Waals surface area contributed by atoms with Crippen molar-refractivity contribution in [3.8, 4) is 11.5 Å². The van der Waals surface area contributed by atoms with Crippen LogP contribution >= 0.6 is 0 Å². The van der Waals surface area contributed by atoms with Crippen LogP contribution < -0.4 is 14.8 Å². The summed E-state index contributed by atoms with van der Waals surface area (Å²) in [6.45, 7) is 1.29. The molecule has 0 heterocycles. The summed E-state index contributed by atoms with van der Waals surface area (Å²) in [5, 5.41) is 3.52. The zero-order valence-electron chi connectivity index (χ0n) is 15.7. The summed E-state index contributed by atoms with van der Waals surface area (Å²) >= 11 is 0. The summed E-state index contributed by atoms with van der Waals surface area (Å²) in [5.74, 6) is 1.53. The Hall–Kier alpha value is -2.94. The monoisotopic (exact) mass is 359 g/mol. The van der Waals surface area contributed by atoms with Crippen molar-refractivity contribution in [2.75, 3.05) is 12.4 Å². The predicted molar refractivity (Wildman–Crippen MR) is 110 cm³/mol. The summed E-state index contributed by atoms with van der Waals surface area (Å²) in [5.41, 5.74) is 6.48. The lowest BCUT2D eigenvalue weighted by Crippen LogP contribution is -2.02. The van der Waals surface area contributed by atoms with Crippen molar-refractivity contribution in [3.63, 3.8) is 0 Å². The highest BCUT2D eigenvalue weighted by Gasteiger charge is 2.11. The van der Waals surface area contributed by atoms with E-state index in [0.717, 1.165) is 23.6 Å². The van der Waals surface area contributed by atoms with Crippen LogP contribution in [-0.2, 0) is 26.0 Å². The highest BCUT2D eigenvalue weighted by Crippen LogP contribution is 2.30. The van der Waals surface area contributed by atoms with Gasteiger partial charge in [-0.1, -0.05) is 42.5 Å². The molecule has 0 amide bonds. The number of hydrogen-bond donors (Lipinski definition) is 1. The Morgan fingerprint density at radius 1 is 0.815 bits per heavy atom. The van der Waals surface area contributed by atoms with Gasteiger partial charge in [0.1, 0.15) is 6.61 Å². The Labute approximate surface area is 161 Å². The molecule has 0 unspecified atom stereocenters. The van der Waals surface area contributed by atoms with Gasteiger partial charge < -0.3 is 14.8 Å². The minimum Gasteiger partial charge on any atom is -0.493 e. The van der Waals surface area contributed by atoms with E-state index in [1.807, 2.05) is 30.3 Å². The van der Waals surface area contributed by atoms with Gasteiger partial charge in [-0.3, -0.25) is 0 Å². The van der Waals surface area contributed by atoms with E-state index in [4.69, 9.17) is 9.47 Å². The van der Waals surface area contributed by atoms with E-state index >= 15 is 0 Å². The maximum atomic E-state index is 5.94. The topological polar surface area (TPSA) is 30.5 Å². The number of fused-ring (bicyclic) bond motifs is 1. The lowest BCUT2D eigenvalue weighted by atomic mass is 10.1. The molecule has 1 aliphatic carbocycles. The van der Waals surface area contributed by atoms with Gasteiger partial charge in [-0.2, -0.15) is 0 Å². The molecule has 0 saturated carbocycles. The van der Waals surface area contributed by atoms with Crippen molar-refractivity contribution in [1.29, 1.82) is 0 Å². The number of anilines is 1. The molecule has 27 heavy (non-hydrogen) atoms. The van der Waals surface area contributed by atoms with Crippen molar-refractivity contribution in [3.05, 3.63) is 89.0 Å². The number of rotatable bonds is 7. The molecule has 3 heteroatoms. The molecule has 0 atom stereocenters. The lowest BCUT2D eigenvalue weighted by Gasteiger charge is -2.13. The standard InChI is InChI=1S/C24H25NO2/c1-26-24-14-19(10-13-23(24)27-17-18-6-3-2-4-7-18)16-25-22-12-11-20-8-5-9-21(20)15-22/h2-4,6-7,10-15,25H,5,8-9,16-17H2,1H3. The molecule has 0 bridgehead atoms. The first kappa shape index (κ1) is 17.5. The minimum atomic E-state index is 0.532. The van der Waals surface area contributed by atoms with Crippen molar-refractivity contribution in [2.45, 2.75) is 32.4 Å². The number of benzene rings is 3. The highest BCUT2D eigenvalue weighted by molar-refractivity contribution is 5.51. The largest absolute Gasteiger partial charge is 0.493 e. The molecule has 3 aromatic rings. The van der Waals surface area contributed by atoms with Gasteiger partial charge in [0.05, 0.1) is 7.11 Å². The van der Waals surface area contributed by atoms with Gasteiger partial charge in [0.2, 0.25) is 0 Å². The molecular formula is C24H25NO2. The first-order valence-corrected chi connectivity index (χ1v) is 9.51. The van der Waals surface area contributed by atoms with E-state index in [1.165, 1.54) is 41.6 Å². The average molecular weight is 359 g/mol. The van der Waals surface area contributed by atoms with Crippen LogP contribution in [-0.4, -0.2) is 7.11 Å². The van der Waals surface area contributed by atoms with E-state index in [2.05, 4.69) is 41.7 Å². The molecule has 0 fully saturated rings. The normalized spacial score (nSPS) is 12.5. The number of aryl methyl sites for hydroxylation is 2. The van der Waals surface area contributed by atoms with Gasteiger partial charge in [0.15, 0.2) is 11.5 Å². The molecule has 4 rings (SSSR count). The van der Waals surface area contributed by atoms with Gasteiger partial charge in [-0.05, 0) is 65.8 Å². The molecule has 0 saturated heterocycles. The second-order valence-corrected chi connectivity index (χ2v) is 6.95. The highest BCUT2D eigenvalue weighted by atomic mass is 16.5. The summed E-state index contributed by atoms with van der Waals surface area (Å²) < 4.78 is 11.5. The van der Waals surface area contributed by atoms with Crippen LogP contribution in [0.15, 0.2) is 66.7 Å². The zero-order chi connectivity index (χ0) is 18.5. The Kier molecular flexibility index (Phi) is 5.29. The van der Waals surface area contributed by atoms with Crippen LogP contribution in [0.25, 0.3) is 0 Å². The second-order valence-electron chi connectivity index (χ2n) is 6.95. The quantitative estimate of drug-likeness (QED) is 0.615.